The van der Waals surface area contributed by atoms with Crippen molar-refractivity contribution in [2.75, 3.05) is 21.0 Å². The number of hydrogen-bond acceptors (Lipinski definition) is 8. The van der Waals surface area contributed by atoms with Crippen molar-refractivity contribution in [3.8, 4) is 34.8 Å². The lowest BCUT2D eigenvalue weighted by atomic mass is 9.84. The van der Waals surface area contributed by atoms with Gasteiger partial charge in [0.05, 0.1) is 25.7 Å². The Bertz CT molecular complexity index is 1480. The van der Waals surface area contributed by atoms with Gasteiger partial charge in [-0.25, -0.2) is 0 Å². The first-order chi connectivity index (χ1) is 17.4. The van der Waals surface area contributed by atoms with Crippen LogP contribution in [0.3, 0.4) is 0 Å². The van der Waals surface area contributed by atoms with E-state index in [9.17, 15) is 10.1 Å². The van der Waals surface area contributed by atoms with E-state index in [1.165, 1.54) is 0 Å². The minimum atomic E-state index is -0.700. The maximum Gasteiger partial charge on any atom is 0.258 e. The first kappa shape index (κ1) is 23.2. The average Bonchev–Trinajstić information content (AvgIpc) is 3.35. The van der Waals surface area contributed by atoms with E-state index >= 15 is 0 Å². The fraction of sp³-hybridized carbons (Fsp3) is 0.259. The van der Waals surface area contributed by atoms with Crippen LogP contribution in [0.5, 0.6) is 28.7 Å². The van der Waals surface area contributed by atoms with Crippen LogP contribution in [0, 0.1) is 18.3 Å². The molecule has 184 valence electrons. The molecule has 2 aliphatic rings. The second-order valence-corrected chi connectivity index (χ2v) is 8.50. The molecule has 9 heteroatoms. The van der Waals surface area contributed by atoms with E-state index in [0.29, 0.717) is 52.8 Å². The molecular weight excluding hydrogens is 462 g/mol. The van der Waals surface area contributed by atoms with Crippen molar-refractivity contribution in [2.45, 2.75) is 25.8 Å². The number of aromatic nitrogens is 1. The molecule has 0 aliphatic carbocycles. The number of allylic oxidation sites excluding steroid dienone is 1. The van der Waals surface area contributed by atoms with E-state index in [0.717, 1.165) is 11.3 Å². The third-order valence-corrected chi connectivity index (χ3v) is 6.49. The van der Waals surface area contributed by atoms with Crippen molar-refractivity contribution in [3.05, 3.63) is 86.7 Å². The number of benzene rings is 2. The summed E-state index contributed by atoms with van der Waals surface area (Å²) in [5, 5.41) is 9.92. The van der Waals surface area contributed by atoms with E-state index in [-0.39, 0.29) is 23.8 Å². The van der Waals surface area contributed by atoms with Gasteiger partial charge in [0.15, 0.2) is 23.0 Å². The molecule has 2 aliphatic heterocycles. The van der Waals surface area contributed by atoms with Crippen molar-refractivity contribution < 1.29 is 23.7 Å². The van der Waals surface area contributed by atoms with Crippen LogP contribution < -0.4 is 35.0 Å². The van der Waals surface area contributed by atoms with Crippen molar-refractivity contribution in [2.24, 2.45) is 5.73 Å². The molecule has 3 aromatic rings. The van der Waals surface area contributed by atoms with Crippen LogP contribution in [0.4, 0.5) is 0 Å². The minimum absolute atomic E-state index is 0.0189. The van der Waals surface area contributed by atoms with Gasteiger partial charge in [-0.1, -0.05) is 12.1 Å². The summed E-state index contributed by atoms with van der Waals surface area (Å²) in [5.41, 5.74) is 8.81. The normalized spacial score (nSPS) is 15.7. The number of methoxy groups -OCH3 is 2. The SMILES string of the molecule is COc1ccc(CCn2c(C)cc3c(c2=O)C(c2ccc4c(c2)OCO4)C(C#N)=C(N)O3)cc1OC. The highest BCUT2D eigenvalue weighted by molar-refractivity contribution is 5.58. The predicted octanol–water partition coefficient (Wildman–Crippen LogP) is 3.36. The van der Waals surface area contributed by atoms with Crippen LogP contribution in [0.15, 0.2) is 58.7 Å². The second kappa shape index (κ2) is 9.23. The molecule has 1 atom stereocenters. The monoisotopic (exact) mass is 487 g/mol. The Morgan fingerprint density at radius 1 is 1.06 bits per heavy atom. The van der Waals surface area contributed by atoms with Gasteiger partial charge in [0.2, 0.25) is 12.7 Å². The highest BCUT2D eigenvalue weighted by atomic mass is 16.7. The molecule has 1 aromatic heterocycles. The van der Waals surface area contributed by atoms with Gasteiger partial charge in [-0.2, -0.15) is 5.26 Å². The number of fused-ring (bicyclic) bond motifs is 2. The Morgan fingerprint density at radius 2 is 1.83 bits per heavy atom. The van der Waals surface area contributed by atoms with E-state index in [1.807, 2.05) is 31.2 Å². The van der Waals surface area contributed by atoms with Gasteiger partial charge < -0.3 is 34.0 Å². The third kappa shape index (κ3) is 3.86. The summed E-state index contributed by atoms with van der Waals surface area (Å²) in [6.07, 6.45) is 0.582. The van der Waals surface area contributed by atoms with Crippen LogP contribution in [0.1, 0.15) is 28.3 Å². The molecule has 0 saturated carbocycles. The van der Waals surface area contributed by atoms with E-state index in [2.05, 4.69) is 6.07 Å². The second-order valence-electron chi connectivity index (χ2n) is 8.50. The fourth-order valence-electron chi connectivity index (χ4n) is 4.67. The lowest BCUT2D eigenvalue weighted by Gasteiger charge is -2.27. The first-order valence-electron chi connectivity index (χ1n) is 11.4. The number of nitrogens with zero attached hydrogens (tertiary/aromatic N) is 2. The highest BCUT2D eigenvalue weighted by Gasteiger charge is 2.35. The van der Waals surface area contributed by atoms with Crippen LogP contribution in [-0.2, 0) is 13.0 Å². The maximum atomic E-state index is 13.9. The van der Waals surface area contributed by atoms with Crippen LogP contribution in [0.25, 0.3) is 0 Å². The number of aryl methyl sites for hydroxylation is 2. The summed E-state index contributed by atoms with van der Waals surface area (Å²) in [4.78, 5) is 13.9. The van der Waals surface area contributed by atoms with Gasteiger partial charge in [0, 0.05) is 18.3 Å². The van der Waals surface area contributed by atoms with Crippen molar-refractivity contribution in [1.82, 2.24) is 4.57 Å². The minimum Gasteiger partial charge on any atom is -0.493 e. The molecule has 0 spiro atoms. The van der Waals surface area contributed by atoms with Gasteiger partial charge >= 0.3 is 0 Å². The number of ether oxygens (including phenoxy) is 5. The van der Waals surface area contributed by atoms with Gasteiger partial charge in [-0.05, 0) is 48.7 Å². The molecule has 5 rings (SSSR count). The zero-order valence-electron chi connectivity index (χ0n) is 20.2. The smallest absolute Gasteiger partial charge is 0.258 e. The molecule has 2 N–H and O–H groups in total. The van der Waals surface area contributed by atoms with Gasteiger partial charge in [0.1, 0.15) is 17.4 Å². The standard InChI is InChI=1S/C27H25N3O6/c1-15-10-23-25(27(31)30(15)9-8-16-4-6-19(32-2)21(11-16)33-3)24(18(13-28)26(29)36-23)17-5-7-20-22(12-17)35-14-34-20/h4-7,10-12,24H,8-9,14,29H2,1-3H3. The topological polar surface area (TPSA) is 118 Å². The van der Waals surface area contributed by atoms with Crippen LogP contribution >= 0.6 is 0 Å². The van der Waals surface area contributed by atoms with Gasteiger partial charge in [-0.15, -0.1) is 0 Å². The van der Waals surface area contributed by atoms with Crippen molar-refractivity contribution in [3.63, 3.8) is 0 Å². The number of hydrogen-bond donors (Lipinski definition) is 1. The number of rotatable bonds is 6. The van der Waals surface area contributed by atoms with E-state index in [4.69, 9.17) is 29.4 Å². The molecule has 0 saturated heterocycles. The molecule has 9 nitrogen and oxygen atoms in total. The quantitative estimate of drug-likeness (QED) is 0.562. The van der Waals surface area contributed by atoms with Crippen molar-refractivity contribution >= 4 is 0 Å². The molecule has 0 radical (unpaired) electrons. The number of pyridine rings is 1. The van der Waals surface area contributed by atoms with E-state index in [1.54, 1.807) is 37.0 Å². The summed E-state index contributed by atoms with van der Waals surface area (Å²) < 4.78 is 29.1. The largest absolute Gasteiger partial charge is 0.493 e. The summed E-state index contributed by atoms with van der Waals surface area (Å²) in [5.74, 6) is 2.05. The van der Waals surface area contributed by atoms with E-state index < -0.39 is 5.92 Å². The lowest BCUT2D eigenvalue weighted by Crippen LogP contribution is -2.33. The number of nitriles is 1. The molecule has 2 aromatic carbocycles. The Kier molecular flexibility index (Phi) is 5.94. The summed E-state index contributed by atoms with van der Waals surface area (Å²) in [6, 6.07) is 15.0. The molecule has 3 heterocycles. The van der Waals surface area contributed by atoms with Crippen LogP contribution in [0.2, 0.25) is 0 Å². The Labute approximate surface area is 207 Å². The highest BCUT2D eigenvalue weighted by Crippen LogP contribution is 2.43. The average molecular weight is 488 g/mol. The molecular formula is C27H25N3O6. The molecule has 0 amide bonds. The zero-order valence-corrected chi connectivity index (χ0v) is 20.2. The summed E-state index contributed by atoms with van der Waals surface area (Å²) in [7, 11) is 3.17. The molecule has 1 unspecified atom stereocenters. The molecule has 0 bridgehead atoms. The molecule has 0 fully saturated rings. The first-order valence-corrected chi connectivity index (χ1v) is 11.4. The van der Waals surface area contributed by atoms with Crippen molar-refractivity contribution in [1.29, 1.82) is 5.26 Å². The summed E-state index contributed by atoms with van der Waals surface area (Å²) >= 11 is 0. The molecule has 36 heavy (non-hydrogen) atoms. The maximum absolute atomic E-state index is 13.9. The predicted molar refractivity (Wildman–Crippen MR) is 131 cm³/mol. The lowest BCUT2D eigenvalue weighted by molar-refractivity contribution is 0.174. The van der Waals surface area contributed by atoms with Gasteiger partial charge in [0.25, 0.3) is 5.56 Å². The van der Waals surface area contributed by atoms with Crippen LogP contribution in [-0.4, -0.2) is 25.6 Å². The fourth-order valence-corrected chi connectivity index (χ4v) is 4.67. The van der Waals surface area contributed by atoms with Gasteiger partial charge in [-0.3, -0.25) is 4.79 Å². The Hall–Kier alpha value is -4.58. The zero-order chi connectivity index (χ0) is 25.4. The Balaban J connectivity index is 1.56. The summed E-state index contributed by atoms with van der Waals surface area (Å²) in [6.45, 7) is 2.38. The number of nitrogens with two attached hydrogens (primary N) is 1. The third-order valence-electron chi connectivity index (χ3n) is 6.49. The Morgan fingerprint density at radius 3 is 2.58 bits per heavy atom.